The van der Waals surface area contributed by atoms with Gasteiger partial charge >= 0.3 is 0 Å². The van der Waals surface area contributed by atoms with Crippen molar-refractivity contribution in [3.05, 3.63) is 35.4 Å². The van der Waals surface area contributed by atoms with Gasteiger partial charge in [0.2, 0.25) is 5.91 Å². The Labute approximate surface area is 159 Å². The van der Waals surface area contributed by atoms with E-state index in [1.54, 1.807) is 0 Å². The van der Waals surface area contributed by atoms with E-state index in [1.807, 2.05) is 13.8 Å². The second kappa shape index (κ2) is 6.26. The van der Waals surface area contributed by atoms with E-state index in [4.69, 9.17) is 4.74 Å². The van der Waals surface area contributed by atoms with Crippen LogP contribution in [0.15, 0.2) is 18.2 Å². The monoisotopic (exact) mass is 377 g/mol. The van der Waals surface area contributed by atoms with E-state index in [9.17, 15) is 13.6 Å². The standard InChI is InChI=1S/C22H29F2NO2/c1-12(2)19(26)25-20-21(3,4)13-9-16-18(27-8-7-22(16,20)11-13)15-10-14(23)5-6-17(15)24/h5-6,10,12-13,16,18,20H,7-9,11H2,1-4H3,(H,25,26)/t13-,16-,18-,20-,22-/m1/s1. The lowest BCUT2D eigenvalue weighted by Gasteiger charge is -2.53. The van der Waals surface area contributed by atoms with Gasteiger partial charge in [0.15, 0.2) is 0 Å². The van der Waals surface area contributed by atoms with Crippen LogP contribution in [-0.4, -0.2) is 18.6 Å². The molecule has 5 heteroatoms. The molecule has 1 saturated heterocycles. The van der Waals surface area contributed by atoms with Gasteiger partial charge in [-0.15, -0.1) is 0 Å². The minimum atomic E-state index is -0.450. The van der Waals surface area contributed by atoms with Gasteiger partial charge in [-0.05, 0) is 60.1 Å². The molecule has 5 atom stereocenters. The van der Waals surface area contributed by atoms with Crippen molar-refractivity contribution in [2.45, 2.75) is 59.1 Å². The summed E-state index contributed by atoms with van der Waals surface area (Å²) in [6.07, 6.45) is 2.36. The lowest BCUT2D eigenvalue weighted by Crippen LogP contribution is -2.59. The van der Waals surface area contributed by atoms with Crippen LogP contribution in [0.25, 0.3) is 0 Å². The lowest BCUT2D eigenvalue weighted by molar-refractivity contribution is -0.139. The molecule has 3 fully saturated rings. The van der Waals surface area contributed by atoms with E-state index < -0.39 is 17.7 Å². The fraction of sp³-hybridized carbons (Fsp3) is 0.682. The van der Waals surface area contributed by atoms with E-state index in [2.05, 4.69) is 19.2 Å². The summed E-state index contributed by atoms with van der Waals surface area (Å²) in [6, 6.07) is 3.64. The Hall–Kier alpha value is -1.49. The van der Waals surface area contributed by atoms with Crippen LogP contribution >= 0.6 is 0 Å². The zero-order valence-electron chi connectivity index (χ0n) is 16.5. The predicted octanol–water partition coefficient (Wildman–Crippen LogP) is 4.62. The van der Waals surface area contributed by atoms with Gasteiger partial charge in [0.1, 0.15) is 11.6 Å². The molecule has 1 N–H and O–H groups in total. The molecule has 1 aromatic carbocycles. The average Bonchev–Trinajstić information content (AvgIpc) is 3.09. The maximum absolute atomic E-state index is 14.5. The van der Waals surface area contributed by atoms with E-state index in [0.717, 1.165) is 25.3 Å². The van der Waals surface area contributed by atoms with Crippen LogP contribution in [0, 0.1) is 40.2 Å². The molecule has 2 aliphatic carbocycles. The van der Waals surface area contributed by atoms with E-state index in [1.165, 1.54) is 12.1 Å². The third-order valence-electron chi connectivity index (χ3n) is 7.58. The van der Waals surface area contributed by atoms with Gasteiger partial charge in [0.25, 0.3) is 0 Å². The molecule has 0 unspecified atom stereocenters. The van der Waals surface area contributed by atoms with Crippen molar-refractivity contribution in [1.29, 1.82) is 0 Å². The number of nitrogens with one attached hydrogen (secondary N) is 1. The summed E-state index contributed by atoms with van der Waals surface area (Å²) in [5.74, 6) is -0.329. The number of benzene rings is 1. The Kier molecular flexibility index (Phi) is 4.37. The van der Waals surface area contributed by atoms with E-state index >= 15 is 0 Å². The Morgan fingerprint density at radius 1 is 1.30 bits per heavy atom. The fourth-order valence-corrected chi connectivity index (χ4v) is 6.14. The van der Waals surface area contributed by atoms with Crippen molar-refractivity contribution < 1.29 is 18.3 Å². The van der Waals surface area contributed by atoms with Crippen molar-refractivity contribution in [2.24, 2.45) is 28.6 Å². The highest BCUT2D eigenvalue weighted by atomic mass is 19.1. The zero-order chi connectivity index (χ0) is 19.6. The Morgan fingerprint density at radius 2 is 2.04 bits per heavy atom. The molecule has 27 heavy (non-hydrogen) atoms. The first-order chi connectivity index (χ1) is 12.7. The summed E-state index contributed by atoms with van der Waals surface area (Å²) in [7, 11) is 0. The summed E-state index contributed by atoms with van der Waals surface area (Å²) in [4.78, 5) is 12.5. The molecule has 148 valence electrons. The zero-order valence-corrected chi connectivity index (χ0v) is 16.5. The maximum atomic E-state index is 14.5. The highest BCUT2D eigenvalue weighted by Crippen LogP contribution is 2.70. The minimum Gasteiger partial charge on any atom is -0.373 e. The Morgan fingerprint density at radius 3 is 2.74 bits per heavy atom. The molecule has 3 nitrogen and oxygen atoms in total. The fourth-order valence-electron chi connectivity index (χ4n) is 6.14. The van der Waals surface area contributed by atoms with Crippen molar-refractivity contribution in [3.8, 4) is 0 Å². The lowest BCUT2D eigenvalue weighted by atomic mass is 9.58. The molecule has 1 amide bonds. The van der Waals surface area contributed by atoms with Gasteiger partial charge in [-0.1, -0.05) is 27.7 Å². The first-order valence-corrected chi connectivity index (χ1v) is 10.0. The molecule has 2 bridgehead atoms. The second-order valence-corrected chi connectivity index (χ2v) is 9.60. The molecular formula is C22H29F2NO2. The number of rotatable bonds is 3. The molecule has 0 radical (unpaired) electrons. The van der Waals surface area contributed by atoms with Crippen LogP contribution in [0.5, 0.6) is 0 Å². The van der Waals surface area contributed by atoms with Crippen LogP contribution in [0.2, 0.25) is 0 Å². The van der Waals surface area contributed by atoms with Crippen LogP contribution in [0.4, 0.5) is 8.78 Å². The summed E-state index contributed by atoms with van der Waals surface area (Å²) in [6.45, 7) is 8.79. The number of fused-ring (bicyclic) bond motifs is 1. The topological polar surface area (TPSA) is 38.3 Å². The Balaban J connectivity index is 1.72. The van der Waals surface area contributed by atoms with Gasteiger partial charge in [-0.25, -0.2) is 8.78 Å². The van der Waals surface area contributed by atoms with Gasteiger partial charge in [-0.2, -0.15) is 0 Å². The number of halogens is 2. The number of ether oxygens (including phenoxy) is 1. The molecule has 1 spiro atoms. The van der Waals surface area contributed by atoms with Gasteiger partial charge in [0.05, 0.1) is 6.10 Å². The molecule has 4 rings (SSSR count). The maximum Gasteiger partial charge on any atom is 0.222 e. The summed E-state index contributed by atoms with van der Waals surface area (Å²) >= 11 is 0. The van der Waals surface area contributed by atoms with Crippen molar-refractivity contribution in [3.63, 3.8) is 0 Å². The summed E-state index contributed by atoms with van der Waals surface area (Å²) < 4.78 is 34.3. The molecular weight excluding hydrogens is 348 g/mol. The van der Waals surface area contributed by atoms with Gasteiger partial charge < -0.3 is 10.1 Å². The largest absolute Gasteiger partial charge is 0.373 e. The third kappa shape index (κ3) is 2.72. The summed E-state index contributed by atoms with van der Waals surface area (Å²) in [5.41, 5.74) is 0.197. The van der Waals surface area contributed by atoms with Crippen LogP contribution in [0.1, 0.15) is 58.6 Å². The highest BCUT2D eigenvalue weighted by molar-refractivity contribution is 5.78. The molecule has 3 aliphatic rings. The van der Waals surface area contributed by atoms with E-state index in [0.29, 0.717) is 18.1 Å². The van der Waals surface area contributed by atoms with Crippen LogP contribution in [0.3, 0.4) is 0 Å². The van der Waals surface area contributed by atoms with Crippen molar-refractivity contribution in [1.82, 2.24) is 5.32 Å². The predicted molar refractivity (Wildman–Crippen MR) is 98.9 cm³/mol. The minimum absolute atomic E-state index is 0.0105. The number of hydrogen-bond acceptors (Lipinski definition) is 2. The van der Waals surface area contributed by atoms with Crippen LogP contribution in [-0.2, 0) is 9.53 Å². The first kappa shape index (κ1) is 18.9. The molecule has 0 aromatic heterocycles. The molecule has 1 aliphatic heterocycles. The summed E-state index contributed by atoms with van der Waals surface area (Å²) in [5, 5.41) is 3.33. The van der Waals surface area contributed by atoms with E-state index in [-0.39, 0.29) is 34.6 Å². The quantitative estimate of drug-likeness (QED) is 0.835. The van der Waals surface area contributed by atoms with Gasteiger partial charge in [-0.3, -0.25) is 4.79 Å². The second-order valence-electron chi connectivity index (χ2n) is 9.60. The number of carbonyl (C=O) groups excluding carboxylic acids is 1. The van der Waals surface area contributed by atoms with Crippen molar-refractivity contribution >= 4 is 5.91 Å². The highest BCUT2D eigenvalue weighted by Gasteiger charge is 2.68. The third-order valence-corrected chi connectivity index (χ3v) is 7.58. The number of hydrogen-bond donors (Lipinski definition) is 1. The normalized spacial score (nSPS) is 36.7. The Bertz CT molecular complexity index is 763. The van der Waals surface area contributed by atoms with Crippen molar-refractivity contribution in [2.75, 3.05) is 6.61 Å². The number of carbonyl (C=O) groups is 1. The smallest absolute Gasteiger partial charge is 0.222 e. The van der Waals surface area contributed by atoms with Crippen LogP contribution < -0.4 is 5.32 Å². The SMILES string of the molecule is CC(C)C(=O)N[C@@H]1C(C)(C)[C@@H]2C[C@@H]3[C@@H](c4cc(F)ccc4F)OCC[C@@]31C2. The molecule has 2 saturated carbocycles. The first-order valence-electron chi connectivity index (χ1n) is 10.0. The van der Waals surface area contributed by atoms with Gasteiger partial charge in [0, 0.05) is 24.1 Å². The average molecular weight is 377 g/mol. The molecule has 1 heterocycles. The number of amides is 1. The molecule has 1 aromatic rings.